The van der Waals surface area contributed by atoms with Gasteiger partial charge in [0.15, 0.2) is 21.5 Å². The molecule has 0 radical (unpaired) electrons. The molecule has 2 aromatic carbocycles. The van der Waals surface area contributed by atoms with E-state index in [1.807, 2.05) is 0 Å². The number of aliphatic hydroxyl groups is 1. The number of hydrogen-bond donors (Lipinski definition) is 1. The number of sulfone groups is 1. The van der Waals surface area contributed by atoms with Crippen LogP contribution in [0.4, 0.5) is 8.78 Å². The lowest BCUT2D eigenvalue weighted by molar-refractivity contribution is 0.108. The Morgan fingerprint density at radius 1 is 1.09 bits per heavy atom. The van der Waals surface area contributed by atoms with Crippen LogP contribution in [-0.2, 0) is 9.84 Å². The Kier molecular flexibility index (Phi) is 4.77. The first-order valence-corrected chi connectivity index (χ1v) is 8.22. The molecule has 0 heterocycles. The molecule has 1 atom stereocenters. The van der Waals surface area contributed by atoms with Gasteiger partial charge in [-0.3, -0.25) is 0 Å². The van der Waals surface area contributed by atoms with Crippen molar-refractivity contribution in [2.75, 3.05) is 12.9 Å². The van der Waals surface area contributed by atoms with Crippen molar-refractivity contribution in [2.45, 2.75) is 11.0 Å². The molecule has 0 spiro atoms. The van der Waals surface area contributed by atoms with Gasteiger partial charge in [0.2, 0.25) is 0 Å². The van der Waals surface area contributed by atoms with E-state index in [0.717, 1.165) is 18.4 Å². The number of halogens is 2. The summed E-state index contributed by atoms with van der Waals surface area (Å²) in [4.78, 5) is 0.143. The van der Waals surface area contributed by atoms with Gasteiger partial charge in [-0.1, -0.05) is 12.1 Å². The second-order valence-electron chi connectivity index (χ2n) is 4.74. The van der Waals surface area contributed by atoms with Crippen LogP contribution in [-0.4, -0.2) is 26.4 Å². The third kappa shape index (κ3) is 4.02. The van der Waals surface area contributed by atoms with Crippen LogP contribution >= 0.6 is 0 Å². The van der Waals surface area contributed by atoms with Crippen molar-refractivity contribution < 1.29 is 27.0 Å². The van der Waals surface area contributed by atoms with E-state index in [2.05, 4.69) is 0 Å². The molecule has 0 saturated carbocycles. The summed E-state index contributed by atoms with van der Waals surface area (Å²) in [5.41, 5.74) is 0.454. The van der Waals surface area contributed by atoms with Crippen molar-refractivity contribution in [2.24, 2.45) is 0 Å². The molecular formula is C15H14F2O4S. The zero-order chi connectivity index (χ0) is 16.3. The summed E-state index contributed by atoms with van der Waals surface area (Å²) in [7, 11) is -3.30. The van der Waals surface area contributed by atoms with Gasteiger partial charge in [0, 0.05) is 12.3 Å². The van der Waals surface area contributed by atoms with Gasteiger partial charge in [-0.15, -0.1) is 0 Å². The lowest BCUT2D eigenvalue weighted by Gasteiger charge is -2.13. The van der Waals surface area contributed by atoms with E-state index in [0.29, 0.717) is 5.56 Å². The molecule has 7 heteroatoms. The van der Waals surface area contributed by atoms with E-state index in [4.69, 9.17) is 4.74 Å². The van der Waals surface area contributed by atoms with E-state index >= 15 is 0 Å². The van der Waals surface area contributed by atoms with E-state index in [-0.39, 0.29) is 17.3 Å². The van der Waals surface area contributed by atoms with Gasteiger partial charge >= 0.3 is 0 Å². The van der Waals surface area contributed by atoms with E-state index in [1.165, 1.54) is 30.3 Å². The minimum Gasteiger partial charge on any atom is -0.490 e. The van der Waals surface area contributed by atoms with Crippen LogP contribution in [0.15, 0.2) is 47.4 Å². The largest absolute Gasteiger partial charge is 0.490 e. The summed E-state index contributed by atoms with van der Waals surface area (Å²) in [5.74, 6) is -1.93. The zero-order valence-corrected chi connectivity index (χ0v) is 12.5. The highest BCUT2D eigenvalue weighted by Gasteiger charge is 2.12. The van der Waals surface area contributed by atoms with Gasteiger partial charge in [0.1, 0.15) is 18.5 Å². The van der Waals surface area contributed by atoms with Crippen molar-refractivity contribution in [1.29, 1.82) is 0 Å². The molecule has 0 aliphatic carbocycles. The zero-order valence-electron chi connectivity index (χ0n) is 11.7. The summed E-state index contributed by atoms with van der Waals surface area (Å²) in [6, 6.07) is 8.76. The van der Waals surface area contributed by atoms with Crippen molar-refractivity contribution in [3.05, 3.63) is 59.7 Å². The maximum atomic E-state index is 13.0. The van der Waals surface area contributed by atoms with Crippen molar-refractivity contribution >= 4 is 9.84 Å². The summed E-state index contributed by atoms with van der Waals surface area (Å²) in [6.07, 6.45) is 0.0617. The summed E-state index contributed by atoms with van der Waals surface area (Å²) < 4.78 is 53.6. The predicted octanol–water partition coefficient (Wildman–Crippen LogP) is 2.48. The van der Waals surface area contributed by atoms with Gasteiger partial charge in [-0.25, -0.2) is 17.2 Å². The molecule has 0 amide bonds. The smallest absolute Gasteiger partial charge is 0.175 e. The molecule has 22 heavy (non-hydrogen) atoms. The van der Waals surface area contributed by atoms with Gasteiger partial charge in [0.25, 0.3) is 0 Å². The van der Waals surface area contributed by atoms with Crippen LogP contribution < -0.4 is 4.74 Å². The second kappa shape index (κ2) is 6.41. The Balaban J connectivity index is 2.03. The lowest BCUT2D eigenvalue weighted by atomic mass is 10.1. The Bertz CT molecular complexity index is 758. The van der Waals surface area contributed by atoms with E-state index in [9.17, 15) is 22.3 Å². The number of hydrogen-bond acceptors (Lipinski definition) is 4. The maximum Gasteiger partial charge on any atom is 0.175 e. The van der Waals surface area contributed by atoms with Crippen molar-refractivity contribution in [1.82, 2.24) is 0 Å². The van der Waals surface area contributed by atoms with Crippen LogP contribution in [0.5, 0.6) is 5.75 Å². The molecule has 0 saturated heterocycles. The van der Waals surface area contributed by atoms with E-state index < -0.39 is 27.6 Å². The van der Waals surface area contributed by atoms with Crippen molar-refractivity contribution in [3.8, 4) is 5.75 Å². The van der Waals surface area contributed by atoms with Crippen LogP contribution in [0.3, 0.4) is 0 Å². The Morgan fingerprint density at radius 3 is 2.27 bits per heavy atom. The number of aliphatic hydroxyl groups excluding tert-OH is 1. The highest BCUT2D eigenvalue weighted by molar-refractivity contribution is 7.90. The van der Waals surface area contributed by atoms with E-state index in [1.54, 1.807) is 0 Å². The maximum absolute atomic E-state index is 13.0. The standard InChI is InChI=1S/C15H14F2O4S/c1-22(19,20)12-5-2-10(3-6-12)15(18)9-21-11-4-7-13(16)14(17)8-11/h2-8,15,18H,9H2,1H3. The normalized spacial score (nSPS) is 12.9. The monoisotopic (exact) mass is 328 g/mol. The highest BCUT2D eigenvalue weighted by atomic mass is 32.2. The van der Waals surface area contributed by atoms with Crippen molar-refractivity contribution in [3.63, 3.8) is 0 Å². The minimum atomic E-state index is -3.30. The molecular weight excluding hydrogens is 314 g/mol. The van der Waals surface area contributed by atoms with Gasteiger partial charge < -0.3 is 9.84 Å². The molecule has 118 valence electrons. The fourth-order valence-corrected chi connectivity index (χ4v) is 2.41. The molecule has 0 bridgehead atoms. The Hall–Kier alpha value is -1.99. The molecule has 0 aliphatic heterocycles. The molecule has 2 aromatic rings. The van der Waals surface area contributed by atoms with Gasteiger partial charge in [0.05, 0.1) is 4.90 Å². The number of benzene rings is 2. The molecule has 0 fully saturated rings. The van der Waals surface area contributed by atoms with Crippen LogP contribution in [0.2, 0.25) is 0 Å². The third-order valence-corrected chi connectivity index (χ3v) is 4.12. The first kappa shape index (κ1) is 16.4. The SMILES string of the molecule is CS(=O)(=O)c1ccc(C(O)COc2ccc(F)c(F)c2)cc1. The molecule has 0 aromatic heterocycles. The van der Waals surface area contributed by atoms with Crippen LogP contribution in [0.1, 0.15) is 11.7 Å². The molecule has 1 N–H and O–H groups in total. The first-order valence-electron chi connectivity index (χ1n) is 6.33. The number of ether oxygens (including phenoxy) is 1. The van der Waals surface area contributed by atoms with Gasteiger partial charge in [-0.05, 0) is 29.8 Å². The first-order chi connectivity index (χ1) is 10.3. The van der Waals surface area contributed by atoms with Gasteiger partial charge in [-0.2, -0.15) is 0 Å². The summed E-state index contributed by atoms with van der Waals surface area (Å²) in [6.45, 7) is -0.177. The lowest BCUT2D eigenvalue weighted by Crippen LogP contribution is -2.10. The predicted molar refractivity (Wildman–Crippen MR) is 76.4 cm³/mol. The van der Waals surface area contributed by atoms with Crippen LogP contribution in [0.25, 0.3) is 0 Å². The summed E-state index contributed by atoms with van der Waals surface area (Å²) >= 11 is 0. The average molecular weight is 328 g/mol. The summed E-state index contributed by atoms with van der Waals surface area (Å²) in [5, 5.41) is 9.96. The third-order valence-electron chi connectivity index (χ3n) is 2.99. The molecule has 2 rings (SSSR count). The molecule has 0 aliphatic rings. The Labute approximate surface area is 126 Å². The fraction of sp³-hybridized carbons (Fsp3) is 0.200. The second-order valence-corrected chi connectivity index (χ2v) is 6.76. The number of rotatable bonds is 5. The quantitative estimate of drug-likeness (QED) is 0.916. The topological polar surface area (TPSA) is 63.6 Å². The fourth-order valence-electron chi connectivity index (χ4n) is 1.78. The Morgan fingerprint density at radius 2 is 1.73 bits per heavy atom. The minimum absolute atomic E-state index is 0.0886. The highest BCUT2D eigenvalue weighted by Crippen LogP contribution is 2.20. The molecule has 4 nitrogen and oxygen atoms in total. The average Bonchev–Trinajstić information content (AvgIpc) is 2.47. The molecule has 1 unspecified atom stereocenters. The van der Waals surface area contributed by atoms with Crippen LogP contribution in [0, 0.1) is 11.6 Å².